The van der Waals surface area contributed by atoms with E-state index in [-0.39, 0.29) is 18.4 Å². The predicted octanol–water partition coefficient (Wildman–Crippen LogP) is 2.81. The number of hydrogen-bond donors (Lipinski definition) is 0. The van der Waals surface area contributed by atoms with Crippen LogP contribution in [-0.4, -0.2) is 44.8 Å². The van der Waals surface area contributed by atoms with Crippen molar-refractivity contribution in [2.24, 2.45) is 11.8 Å². The largest absolute Gasteiger partial charge is 0.392 e. The summed E-state index contributed by atoms with van der Waals surface area (Å²) >= 11 is 0. The molecule has 1 amide bonds. The van der Waals surface area contributed by atoms with E-state index in [4.69, 9.17) is 0 Å². The summed E-state index contributed by atoms with van der Waals surface area (Å²) in [4.78, 5) is 18.2. The molecule has 3 rings (SSSR count). The van der Waals surface area contributed by atoms with Gasteiger partial charge in [-0.05, 0) is 25.7 Å². The third-order valence-electron chi connectivity index (χ3n) is 5.02. The fourth-order valence-electron chi connectivity index (χ4n) is 3.83. The van der Waals surface area contributed by atoms with E-state index in [1.807, 2.05) is 0 Å². The molecule has 0 N–H and O–H groups in total. The number of likely N-dealkylation sites (tertiary alicyclic amines) is 1. The SMILES string of the molecule is O=C(C1CCCCC1C(F)(F)F)N1CCCC(n2cncn2)C1. The van der Waals surface area contributed by atoms with Gasteiger partial charge < -0.3 is 4.90 Å². The summed E-state index contributed by atoms with van der Waals surface area (Å²) in [5, 5.41) is 4.09. The molecule has 23 heavy (non-hydrogen) atoms. The molecule has 0 radical (unpaired) electrons. The van der Waals surface area contributed by atoms with Gasteiger partial charge in [-0.25, -0.2) is 9.67 Å². The lowest BCUT2D eigenvalue weighted by molar-refractivity contribution is -0.201. The number of rotatable bonds is 2. The average Bonchev–Trinajstić information content (AvgIpc) is 3.08. The molecule has 1 saturated heterocycles. The normalized spacial score (nSPS) is 29.5. The van der Waals surface area contributed by atoms with Crippen molar-refractivity contribution in [3.8, 4) is 0 Å². The molecule has 1 aliphatic heterocycles. The van der Waals surface area contributed by atoms with Crippen LogP contribution in [-0.2, 0) is 4.79 Å². The van der Waals surface area contributed by atoms with Crippen molar-refractivity contribution < 1.29 is 18.0 Å². The first kappa shape index (κ1) is 16.3. The zero-order valence-electron chi connectivity index (χ0n) is 12.9. The Morgan fingerprint density at radius 2 is 1.91 bits per heavy atom. The Morgan fingerprint density at radius 1 is 1.13 bits per heavy atom. The van der Waals surface area contributed by atoms with Gasteiger partial charge in [-0.15, -0.1) is 0 Å². The van der Waals surface area contributed by atoms with Crippen LogP contribution in [0.15, 0.2) is 12.7 Å². The van der Waals surface area contributed by atoms with Gasteiger partial charge in [-0.1, -0.05) is 12.8 Å². The molecule has 1 aromatic rings. The summed E-state index contributed by atoms with van der Waals surface area (Å²) in [6.45, 7) is 0.953. The maximum atomic E-state index is 13.2. The molecule has 0 spiro atoms. The van der Waals surface area contributed by atoms with Gasteiger partial charge >= 0.3 is 6.18 Å². The van der Waals surface area contributed by atoms with Crippen LogP contribution in [0.1, 0.15) is 44.6 Å². The van der Waals surface area contributed by atoms with E-state index in [0.717, 1.165) is 12.8 Å². The second kappa shape index (κ2) is 6.49. The molecule has 2 fully saturated rings. The first-order chi connectivity index (χ1) is 11.0. The molecule has 5 nitrogen and oxygen atoms in total. The van der Waals surface area contributed by atoms with Gasteiger partial charge in [0.05, 0.1) is 12.0 Å². The minimum atomic E-state index is -4.29. The minimum absolute atomic E-state index is 0.00290. The van der Waals surface area contributed by atoms with Gasteiger partial charge in [0.2, 0.25) is 5.91 Å². The van der Waals surface area contributed by atoms with E-state index >= 15 is 0 Å². The lowest BCUT2D eigenvalue weighted by Gasteiger charge is -2.39. The topological polar surface area (TPSA) is 51.0 Å². The third kappa shape index (κ3) is 3.50. The number of nitrogens with zero attached hydrogens (tertiary/aromatic N) is 4. The van der Waals surface area contributed by atoms with Crippen LogP contribution in [0.4, 0.5) is 13.2 Å². The van der Waals surface area contributed by atoms with Crippen LogP contribution in [0.25, 0.3) is 0 Å². The maximum absolute atomic E-state index is 13.2. The fraction of sp³-hybridized carbons (Fsp3) is 0.800. The molecule has 128 valence electrons. The quantitative estimate of drug-likeness (QED) is 0.838. The lowest BCUT2D eigenvalue weighted by Crippen LogP contribution is -2.48. The van der Waals surface area contributed by atoms with Crippen molar-refractivity contribution in [3.05, 3.63) is 12.7 Å². The number of hydrogen-bond acceptors (Lipinski definition) is 3. The summed E-state index contributed by atoms with van der Waals surface area (Å²) in [5.41, 5.74) is 0. The smallest absolute Gasteiger partial charge is 0.340 e. The van der Waals surface area contributed by atoms with Gasteiger partial charge in [0, 0.05) is 19.0 Å². The molecule has 0 bridgehead atoms. The fourth-order valence-corrected chi connectivity index (χ4v) is 3.83. The van der Waals surface area contributed by atoms with Crippen LogP contribution < -0.4 is 0 Å². The molecule has 2 heterocycles. The van der Waals surface area contributed by atoms with Gasteiger partial charge in [-0.3, -0.25) is 4.79 Å². The van der Waals surface area contributed by atoms with Crippen molar-refractivity contribution in [1.82, 2.24) is 19.7 Å². The highest BCUT2D eigenvalue weighted by Gasteiger charge is 2.49. The summed E-state index contributed by atoms with van der Waals surface area (Å²) in [6, 6.07) is 0.00290. The first-order valence-electron chi connectivity index (χ1n) is 8.16. The van der Waals surface area contributed by atoms with E-state index in [9.17, 15) is 18.0 Å². The molecule has 1 aromatic heterocycles. The molecule has 0 aromatic carbocycles. The van der Waals surface area contributed by atoms with Crippen molar-refractivity contribution in [2.45, 2.75) is 50.7 Å². The Labute approximate surface area is 132 Å². The van der Waals surface area contributed by atoms with Crippen molar-refractivity contribution in [2.75, 3.05) is 13.1 Å². The number of alkyl halides is 3. The molecule has 3 atom stereocenters. The zero-order valence-corrected chi connectivity index (χ0v) is 12.9. The van der Waals surface area contributed by atoms with E-state index < -0.39 is 18.0 Å². The third-order valence-corrected chi connectivity index (χ3v) is 5.02. The standard InChI is InChI=1S/C15H21F3N4O/c16-15(17,18)13-6-2-1-5-12(13)14(23)21-7-3-4-11(8-21)22-10-19-9-20-22/h9-13H,1-8H2. The highest BCUT2D eigenvalue weighted by atomic mass is 19.4. The van der Waals surface area contributed by atoms with Crippen LogP contribution in [0.3, 0.4) is 0 Å². The van der Waals surface area contributed by atoms with Gasteiger partial charge in [0.15, 0.2) is 0 Å². The Bertz CT molecular complexity index is 531. The molecule has 2 aliphatic rings. The number of halogens is 3. The highest BCUT2D eigenvalue weighted by molar-refractivity contribution is 5.79. The summed E-state index contributed by atoms with van der Waals surface area (Å²) in [6.07, 6.45) is 2.04. The Balaban J connectivity index is 1.71. The van der Waals surface area contributed by atoms with Crippen molar-refractivity contribution in [1.29, 1.82) is 0 Å². The second-order valence-electron chi connectivity index (χ2n) is 6.49. The average molecular weight is 330 g/mol. The number of carbonyl (C=O) groups excluding carboxylic acids is 1. The second-order valence-corrected chi connectivity index (χ2v) is 6.49. The molecule has 1 saturated carbocycles. The van der Waals surface area contributed by atoms with E-state index in [0.29, 0.717) is 32.4 Å². The minimum Gasteiger partial charge on any atom is -0.340 e. The molecule has 8 heteroatoms. The molecular formula is C15H21F3N4O. The van der Waals surface area contributed by atoms with Crippen LogP contribution in [0, 0.1) is 11.8 Å². The first-order valence-corrected chi connectivity index (χ1v) is 8.16. The number of aromatic nitrogens is 3. The molecule has 1 aliphatic carbocycles. The van der Waals surface area contributed by atoms with Gasteiger partial charge in [0.1, 0.15) is 12.7 Å². The van der Waals surface area contributed by atoms with Crippen LogP contribution in [0.5, 0.6) is 0 Å². The molecule has 3 unspecified atom stereocenters. The van der Waals surface area contributed by atoms with E-state index in [2.05, 4.69) is 10.1 Å². The summed E-state index contributed by atoms with van der Waals surface area (Å²) in [7, 11) is 0. The number of amides is 1. The highest BCUT2D eigenvalue weighted by Crippen LogP contribution is 2.42. The Kier molecular flexibility index (Phi) is 4.59. The van der Waals surface area contributed by atoms with Crippen molar-refractivity contribution >= 4 is 5.91 Å². The monoisotopic (exact) mass is 330 g/mol. The Morgan fingerprint density at radius 3 is 2.61 bits per heavy atom. The van der Waals surface area contributed by atoms with Crippen LogP contribution >= 0.6 is 0 Å². The van der Waals surface area contributed by atoms with Crippen molar-refractivity contribution in [3.63, 3.8) is 0 Å². The molecular weight excluding hydrogens is 309 g/mol. The predicted molar refractivity (Wildman–Crippen MR) is 76.4 cm³/mol. The van der Waals surface area contributed by atoms with E-state index in [1.54, 1.807) is 15.9 Å². The van der Waals surface area contributed by atoms with E-state index in [1.165, 1.54) is 6.33 Å². The number of piperidine rings is 1. The lowest BCUT2D eigenvalue weighted by atomic mass is 9.77. The summed E-state index contributed by atoms with van der Waals surface area (Å²) < 4.78 is 41.4. The summed E-state index contributed by atoms with van der Waals surface area (Å²) in [5.74, 6) is -2.74. The Hall–Kier alpha value is -1.60. The number of carbonyl (C=O) groups is 1. The van der Waals surface area contributed by atoms with Crippen LogP contribution in [0.2, 0.25) is 0 Å². The van der Waals surface area contributed by atoms with Gasteiger partial charge in [0.25, 0.3) is 0 Å². The van der Waals surface area contributed by atoms with Gasteiger partial charge in [-0.2, -0.15) is 18.3 Å². The maximum Gasteiger partial charge on any atom is 0.392 e. The zero-order chi connectivity index (χ0) is 16.4.